The summed E-state index contributed by atoms with van der Waals surface area (Å²) < 4.78 is 30.4. The maximum atomic E-state index is 12.4. The van der Waals surface area contributed by atoms with Crippen LogP contribution in [-0.4, -0.2) is 44.1 Å². The fourth-order valence-corrected chi connectivity index (χ4v) is 3.71. The fourth-order valence-electron chi connectivity index (χ4n) is 2.80. The van der Waals surface area contributed by atoms with Crippen LogP contribution in [0.4, 0.5) is 0 Å². The van der Waals surface area contributed by atoms with Gasteiger partial charge in [-0.1, -0.05) is 18.2 Å². The molecule has 1 N–H and O–H groups in total. The molecule has 1 saturated heterocycles. The van der Waals surface area contributed by atoms with Crippen LogP contribution in [0.3, 0.4) is 0 Å². The first-order chi connectivity index (χ1) is 11.3. The molecule has 1 heterocycles. The van der Waals surface area contributed by atoms with Crippen molar-refractivity contribution in [3.8, 4) is 5.75 Å². The Kier molecular flexibility index (Phi) is 6.23. The zero-order valence-electron chi connectivity index (χ0n) is 14.5. The number of nitrogens with one attached hydrogen (secondary N) is 1. The normalized spacial score (nSPS) is 19.2. The molecule has 24 heavy (non-hydrogen) atoms. The van der Waals surface area contributed by atoms with Crippen LogP contribution in [0.5, 0.6) is 5.75 Å². The summed E-state index contributed by atoms with van der Waals surface area (Å²) in [6.45, 7) is 5.04. The zero-order chi connectivity index (χ0) is 17.7. The summed E-state index contributed by atoms with van der Waals surface area (Å²) >= 11 is 0. The number of carbonyl (C=O) groups excluding carboxylic acids is 1. The fraction of sp³-hybridized carbons (Fsp3) is 0.588. The molecule has 0 bridgehead atoms. The molecule has 0 saturated carbocycles. The summed E-state index contributed by atoms with van der Waals surface area (Å²) in [5.74, 6) is 0.351. The first-order valence-corrected chi connectivity index (χ1v) is 10.1. The summed E-state index contributed by atoms with van der Waals surface area (Å²) in [6.07, 6.45) is 2.66. The lowest BCUT2D eigenvalue weighted by atomic mass is 9.98. The first kappa shape index (κ1) is 18.7. The van der Waals surface area contributed by atoms with E-state index in [9.17, 15) is 13.2 Å². The van der Waals surface area contributed by atoms with E-state index >= 15 is 0 Å². The third-order valence-electron chi connectivity index (χ3n) is 4.01. The molecule has 1 aliphatic heterocycles. The van der Waals surface area contributed by atoms with Crippen molar-refractivity contribution in [1.82, 2.24) is 9.62 Å². The Hall–Kier alpha value is -1.60. The second-order valence-corrected chi connectivity index (χ2v) is 8.43. The van der Waals surface area contributed by atoms with Crippen LogP contribution in [0, 0.1) is 5.92 Å². The molecule has 7 heteroatoms. The largest absolute Gasteiger partial charge is 0.491 e. The number of rotatable bonds is 6. The number of piperidine rings is 1. The van der Waals surface area contributed by atoms with Gasteiger partial charge in [-0.25, -0.2) is 12.7 Å². The van der Waals surface area contributed by atoms with Crippen LogP contribution in [0.2, 0.25) is 0 Å². The highest BCUT2D eigenvalue weighted by Crippen LogP contribution is 2.21. The van der Waals surface area contributed by atoms with E-state index in [1.807, 2.05) is 38.1 Å². The van der Waals surface area contributed by atoms with E-state index in [-0.39, 0.29) is 24.5 Å². The Balaban J connectivity index is 1.96. The average molecular weight is 354 g/mol. The van der Waals surface area contributed by atoms with Crippen LogP contribution in [0.25, 0.3) is 0 Å². The second kappa shape index (κ2) is 7.98. The lowest BCUT2D eigenvalue weighted by molar-refractivity contribution is -0.126. The van der Waals surface area contributed by atoms with Crippen molar-refractivity contribution in [3.63, 3.8) is 0 Å². The molecule has 1 amide bonds. The van der Waals surface area contributed by atoms with Gasteiger partial charge in [0.1, 0.15) is 5.75 Å². The smallest absolute Gasteiger partial charge is 0.224 e. The van der Waals surface area contributed by atoms with Crippen LogP contribution >= 0.6 is 0 Å². The molecule has 1 unspecified atom stereocenters. The van der Waals surface area contributed by atoms with Gasteiger partial charge in [0.2, 0.25) is 15.9 Å². The molecule has 1 aliphatic rings. The van der Waals surface area contributed by atoms with Gasteiger partial charge in [-0.3, -0.25) is 4.79 Å². The Labute approximate surface area is 144 Å². The minimum atomic E-state index is -3.25. The lowest BCUT2D eigenvalue weighted by Crippen LogP contribution is -2.44. The Bertz CT molecular complexity index is 673. The predicted octanol–water partition coefficient (Wildman–Crippen LogP) is 1.76. The van der Waals surface area contributed by atoms with Crippen molar-refractivity contribution >= 4 is 15.9 Å². The number of para-hydroxylation sites is 1. The number of carbonyl (C=O) groups is 1. The van der Waals surface area contributed by atoms with Crippen molar-refractivity contribution in [1.29, 1.82) is 0 Å². The molecule has 1 fully saturated rings. The van der Waals surface area contributed by atoms with E-state index in [2.05, 4.69) is 5.32 Å². The summed E-state index contributed by atoms with van der Waals surface area (Å²) in [7, 11) is -3.25. The first-order valence-electron chi connectivity index (χ1n) is 8.24. The van der Waals surface area contributed by atoms with Gasteiger partial charge in [0.25, 0.3) is 0 Å². The third kappa shape index (κ3) is 5.21. The average Bonchev–Trinajstić information content (AvgIpc) is 2.52. The maximum absolute atomic E-state index is 12.4. The number of hydrogen-bond donors (Lipinski definition) is 1. The Morgan fingerprint density at radius 1 is 1.38 bits per heavy atom. The molecule has 134 valence electrons. The van der Waals surface area contributed by atoms with E-state index in [0.29, 0.717) is 25.9 Å². The van der Waals surface area contributed by atoms with E-state index in [1.54, 1.807) is 0 Å². The van der Waals surface area contributed by atoms with Gasteiger partial charge in [-0.05, 0) is 32.8 Å². The molecule has 1 aromatic carbocycles. The molecule has 0 aliphatic carbocycles. The van der Waals surface area contributed by atoms with Crippen LogP contribution in [-0.2, 0) is 21.4 Å². The number of benzene rings is 1. The summed E-state index contributed by atoms with van der Waals surface area (Å²) in [5.41, 5.74) is 0.912. The molecule has 0 spiro atoms. The van der Waals surface area contributed by atoms with Crippen molar-refractivity contribution in [3.05, 3.63) is 29.8 Å². The quantitative estimate of drug-likeness (QED) is 0.845. The van der Waals surface area contributed by atoms with Gasteiger partial charge in [0.15, 0.2) is 0 Å². The summed E-state index contributed by atoms with van der Waals surface area (Å²) in [6, 6.07) is 7.60. The zero-order valence-corrected chi connectivity index (χ0v) is 15.3. The van der Waals surface area contributed by atoms with Gasteiger partial charge >= 0.3 is 0 Å². The molecular weight excluding hydrogens is 328 g/mol. The van der Waals surface area contributed by atoms with Crippen LogP contribution in [0.1, 0.15) is 32.3 Å². The maximum Gasteiger partial charge on any atom is 0.224 e. The van der Waals surface area contributed by atoms with E-state index in [0.717, 1.165) is 11.3 Å². The molecule has 0 aromatic heterocycles. The number of nitrogens with zero attached hydrogens (tertiary/aromatic N) is 1. The molecular formula is C17H26N2O4S. The topological polar surface area (TPSA) is 75.7 Å². The van der Waals surface area contributed by atoms with Crippen molar-refractivity contribution in [2.24, 2.45) is 5.92 Å². The molecule has 1 atom stereocenters. The van der Waals surface area contributed by atoms with Crippen LogP contribution < -0.4 is 10.1 Å². The van der Waals surface area contributed by atoms with Gasteiger partial charge in [-0.15, -0.1) is 0 Å². The van der Waals surface area contributed by atoms with E-state index < -0.39 is 10.0 Å². The van der Waals surface area contributed by atoms with Crippen molar-refractivity contribution in [2.45, 2.75) is 39.3 Å². The van der Waals surface area contributed by atoms with Gasteiger partial charge in [0, 0.05) is 25.2 Å². The Morgan fingerprint density at radius 3 is 2.75 bits per heavy atom. The number of hydrogen-bond acceptors (Lipinski definition) is 4. The SMILES string of the molecule is CC(C)Oc1ccccc1CNC(=O)C1CCCN(S(C)(=O)=O)C1. The molecule has 1 aromatic rings. The highest BCUT2D eigenvalue weighted by atomic mass is 32.2. The molecule has 2 rings (SSSR count). The summed E-state index contributed by atoms with van der Waals surface area (Å²) in [4.78, 5) is 12.4. The predicted molar refractivity (Wildman–Crippen MR) is 93.2 cm³/mol. The minimum absolute atomic E-state index is 0.0588. The molecule has 6 nitrogen and oxygen atoms in total. The minimum Gasteiger partial charge on any atom is -0.491 e. The van der Waals surface area contributed by atoms with Crippen molar-refractivity contribution in [2.75, 3.05) is 19.3 Å². The second-order valence-electron chi connectivity index (χ2n) is 6.45. The number of ether oxygens (including phenoxy) is 1. The third-order valence-corrected chi connectivity index (χ3v) is 5.28. The highest BCUT2D eigenvalue weighted by molar-refractivity contribution is 7.88. The van der Waals surface area contributed by atoms with E-state index in [4.69, 9.17) is 4.74 Å². The van der Waals surface area contributed by atoms with Gasteiger partial charge < -0.3 is 10.1 Å². The Morgan fingerprint density at radius 2 is 2.08 bits per heavy atom. The monoisotopic (exact) mass is 354 g/mol. The van der Waals surface area contributed by atoms with Gasteiger partial charge in [0.05, 0.1) is 18.3 Å². The van der Waals surface area contributed by atoms with Crippen molar-refractivity contribution < 1.29 is 17.9 Å². The van der Waals surface area contributed by atoms with Gasteiger partial charge in [-0.2, -0.15) is 0 Å². The standard InChI is InChI=1S/C17H26N2O4S/c1-13(2)23-16-9-5-4-7-14(16)11-18-17(20)15-8-6-10-19(12-15)24(3,21)22/h4-5,7,9,13,15H,6,8,10-12H2,1-3H3,(H,18,20). The highest BCUT2D eigenvalue weighted by Gasteiger charge is 2.30. The molecule has 0 radical (unpaired) electrons. The van der Waals surface area contributed by atoms with Crippen LogP contribution in [0.15, 0.2) is 24.3 Å². The number of sulfonamides is 1. The lowest BCUT2D eigenvalue weighted by Gasteiger charge is -2.30. The summed E-state index contributed by atoms with van der Waals surface area (Å²) in [5, 5.41) is 2.91. The number of amides is 1. The van der Waals surface area contributed by atoms with E-state index in [1.165, 1.54) is 10.6 Å².